The standard InChI is InChI=1S/C30H42FN3O2S/c1-3-4-5-6-7-8-9-10-11-12-19-36-29-27(31)17-14-18-28(29)33-30(35)32-26-16-13-15-25(20-26)22-34-21-24(2)37-23-34/h13-18,20-21H,3-12,19,22-23H2,1-2H3,(H2,32,33,35). The van der Waals surface area contributed by atoms with Gasteiger partial charge < -0.3 is 20.3 Å². The van der Waals surface area contributed by atoms with Gasteiger partial charge in [-0.3, -0.25) is 0 Å². The second kappa shape index (κ2) is 16.2. The molecule has 3 rings (SSSR count). The van der Waals surface area contributed by atoms with Crippen molar-refractivity contribution in [3.8, 4) is 5.75 Å². The molecule has 0 fully saturated rings. The molecule has 0 spiro atoms. The molecule has 0 bridgehead atoms. The molecule has 1 heterocycles. The number of hydrogen-bond donors (Lipinski definition) is 2. The van der Waals surface area contributed by atoms with E-state index in [-0.39, 0.29) is 5.75 Å². The van der Waals surface area contributed by atoms with Crippen LogP contribution in [-0.4, -0.2) is 23.4 Å². The number of urea groups is 1. The van der Waals surface area contributed by atoms with Crippen LogP contribution < -0.4 is 15.4 Å². The van der Waals surface area contributed by atoms with Crippen molar-refractivity contribution in [3.05, 3.63) is 65.0 Å². The van der Waals surface area contributed by atoms with Crippen LogP contribution in [0.1, 0.15) is 83.6 Å². The van der Waals surface area contributed by atoms with Crippen molar-refractivity contribution in [2.75, 3.05) is 23.1 Å². The van der Waals surface area contributed by atoms with Gasteiger partial charge in [-0.2, -0.15) is 0 Å². The molecule has 0 radical (unpaired) electrons. The van der Waals surface area contributed by atoms with Crippen molar-refractivity contribution in [1.29, 1.82) is 0 Å². The lowest BCUT2D eigenvalue weighted by Crippen LogP contribution is -2.20. The molecule has 0 saturated heterocycles. The van der Waals surface area contributed by atoms with E-state index in [1.807, 2.05) is 36.0 Å². The van der Waals surface area contributed by atoms with Crippen LogP contribution in [-0.2, 0) is 6.54 Å². The second-order valence-corrected chi connectivity index (χ2v) is 10.9. The Morgan fingerprint density at radius 3 is 2.38 bits per heavy atom. The fourth-order valence-corrected chi connectivity index (χ4v) is 5.15. The first-order valence-electron chi connectivity index (χ1n) is 13.7. The first kappa shape index (κ1) is 28.9. The van der Waals surface area contributed by atoms with Gasteiger partial charge in [0.25, 0.3) is 0 Å². The topological polar surface area (TPSA) is 53.6 Å². The van der Waals surface area contributed by atoms with Crippen LogP contribution in [0.4, 0.5) is 20.6 Å². The van der Waals surface area contributed by atoms with E-state index < -0.39 is 11.8 Å². The van der Waals surface area contributed by atoms with Gasteiger partial charge in [-0.25, -0.2) is 9.18 Å². The molecule has 1 aliphatic rings. The molecule has 2 N–H and O–H groups in total. The first-order chi connectivity index (χ1) is 18.0. The monoisotopic (exact) mass is 527 g/mol. The zero-order chi connectivity index (χ0) is 26.3. The largest absolute Gasteiger partial charge is 0.488 e. The summed E-state index contributed by atoms with van der Waals surface area (Å²) in [6.07, 6.45) is 14.4. The highest BCUT2D eigenvalue weighted by Gasteiger charge is 2.14. The number of rotatable bonds is 16. The van der Waals surface area contributed by atoms with Crippen LogP contribution in [0, 0.1) is 5.82 Å². The lowest BCUT2D eigenvalue weighted by molar-refractivity contribution is 0.261. The summed E-state index contributed by atoms with van der Waals surface area (Å²) >= 11 is 1.82. The summed E-state index contributed by atoms with van der Waals surface area (Å²) in [4.78, 5) is 16.2. The predicted octanol–water partition coefficient (Wildman–Crippen LogP) is 9.14. The molecule has 2 aromatic rings. The number of para-hydroxylation sites is 1. The number of carbonyl (C=O) groups is 1. The zero-order valence-corrected chi connectivity index (χ0v) is 23.2. The number of halogens is 1. The zero-order valence-electron chi connectivity index (χ0n) is 22.4. The summed E-state index contributed by atoms with van der Waals surface area (Å²) in [5.74, 6) is 0.556. The number of unbranched alkanes of at least 4 members (excludes halogenated alkanes) is 9. The molecule has 2 amide bonds. The van der Waals surface area contributed by atoms with Crippen molar-refractivity contribution in [3.63, 3.8) is 0 Å². The number of allylic oxidation sites excluding steroid dienone is 1. The first-order valence-corrected chi connectivity index (χ1v) is 14.7. The Labute approximate surface area is 226 Å². The Bertz CT molecular complexity index is 1010. The highest BCUT2D eigenvalue weighted by atomic mass is 32.2. The number of benzene rings is 2. The number of anilines is 2. The molecule has 2 aromatic carbocycles. The lowest BCUT2D eigenvalue weighted by atomic mass is 10.1. The van der Waals surface area contributed by atoms with E-state index in [9.17, 15) is 9.18 Å². The summed E-state index contributed by atoms with van der Waals surface area (Å²) in [6, 6.07) is 11.9. The number of carbonyl (C=O) groups excluding carboxylic acids is 1. The quantitative estimate of drug-likeness (QED) is 0.214. The van der Waals surface area contributed by atoms with Crippen LogP contribution in [0.2, 0.25) is 0 Å². The smallest absolute Gasteiger partial charge is 0.323 e. The molecular formula is C30H42FN3O2S. The molecule has 0 saturated carbocycles. The fourth-order valence-electron chi connectivity index (χ4n) is 4.39. The van der Waals surface area contributed by atoms with E-state index in [4.69, 9.17) is 4.74 Å². The number of ether oxygens (including phenoxy) is 1. The molecule has 0 atom stereocenters. The van der Waals surface area contributed by atoms with Gasteiger partial charge in [-0.1, -0.05) is 82.9 Å². The van der Waals surface area contributed by atoms with E-state index >= 15 is 0 Å². The van der Waals surface area contributed by atoms with Crippen molar-refractivity contribution >= 4 is 29.2 Å². The van der Waals surface area contributed by atoms with Gasteiger partial charge in [-0.15, -0.1) is 11.8 Å². The average molecular weight is 528 g/mol. The van der Waals surface area contributed by atoms with Gasteiger partial charge in [0.15, 0.2) is 11.6 Å². The predicted molar refractivity (Wildman–Crippen MR) is 155 cm³/mol. The summed E-state index contributed by atoms with van der Waals surface area (Å²) in [5, 5.41) is 5.61. The second-order valence-electron chi connectivity index (χ2n) is 9.69. The van der Waals surface area contributed by atoms with Crippen molar-refractivity contribution in [2.45, 2.75) is 84.6 Å². The highest BCUT2D eigenvalue weighted by molar-refractivity contribution is 8.03. The Hall–Kier alpha value is -2.67. The fraction of sp³-hybridized carbons (Fsp3) is 0.500. The Kier molecular flexibility index (Phi) is 12.7. The van der Waals surface area contributed by atoms with Crippen LogP contribution in [0.5, 0.6) is 5.75 Å². The highest BCUT2D eigenvalue weighted by Crippen LogP contribution is 2.29. The Morgan fingerprint density at radius 1 is 0.973 bits per heavy atom. The van der Waals surface area contributed by atoms with Crippen molar-refractivity contribution < 1.29 is 13.9 Å². The van der Waals surface area contributed by atoms with E-state index in [0.717, 1.165) is 30.8 Å². The molecule has 1 aliphatic heterocycles. The minimum absolute atomic E-state index is 0.0935. The molecule has 0 unspecified atom stereocenters. The molecule has 0 aliphatic carbocycles. The maximum absolute atomic E-state index is 14.5. The van der Waals surface area contributed by atoms with Gasteiger partial charge in [0.2, 0.25) is 0 Å². The van der Waals surface area contributed by atoms with Crippen LogP contribution in [0.25, 0.3) is 0 Å². The van der Waals surface area contributed by atoms with Gasteiger partial charge in [-0.05, 0) is 48.1 Å². The molecule has 37 heavy (non-hydrogen) atoms. The number of hydrogen-bond acceptors (Lipinski definition) is 4. The van der Waals surface area contributed by atoms with E-state index in [1.165, 1.54) is 62.3 Å². The third kappa shape index (κ3) is 10.7. The number of amides is 2. The molecule has 7 heteroatoms. The van der Waals surface area contributed by atoms with Crippen LogP contribution >= 0.6 is 11.8 Å². The lowest BCUT2D eigenvalue weighted by Gasteiger charge is -2.16. The van der Waals surface area contributed by atoms with E-state index in [0.29, 0.717) is 18.0 Å². The van der Waals surface area contributed by atoms with Crippen LogP contribution in [0.15, 0.2) is 53.6 Å². The minimum Gasteiger partial charge on any atom is -0.488 e. The summed E-state index contributed by atoms with van der Waals surface area (Å²) in [5.41, 5.74) is 2.12. The van der Waals surface area contributed by atoms with Gasteiger partial charge in [0.1, 0.15) is 0 Å². The Morgan fingerprint density at radius 2 is 1.68 bits per heavy atom. The molecule has 202 valence electrons. The summed E-state index contributed by atoms with van der Waals surface area (Å²) in [6.45, 7) is 5.56. The molecule has 0 aromatic heterocycles. The average Bonchev–Trinajstić information content (AvgIpc) is 3.28. The number of nitrogens with one attached hydrogen (secondary N) is 2. The maximum atomic E-state index is 14.5. The van der Waals surface area contributed by atoms with Crippen LogP contribution in [0.3, 0.4) is 0 Å². The minimum atomic E-state index is -0.473. The normalized spacial score (nSPS) is 12.9. The van der Waals surface area contributed by atoms with E-state index in [2.05, 4.69) is 35.6 Å². The molecular weight excluding hydrogens is 485 g/mol. The maximum Gasteiger partial charge on any atom is 0.323 e. The summed E-state index contributed by atoms with van der Waals surface area (Å²) in [7, 11) is 0. The van der Waals surface area contributed by atoms with Crippen molar-refractivity contribution in [1.82, 2.24) is 4.90 Å². The van der Waals surface area contributed by atoms with Gasteiger partial charge in [0.05, 0.1) is 18.2 Å². The van der Waals surface area contributed by atoms with E-state index in [1.54, 1.807) is 12.1 Å². The Balaban J connectivity index is 1.41. The van der Waals surface area contributed by atoms with Crippen molar-refractivity contribution in [2.24, 2.45) is 0 Å². The number of thioether (sulfide) groups is 1. The summed E-state index contributed by atoms with van der Waals surface area (Å²) < 4.78 is 20.3. The third-order valence-corrected chi connectivity index (χ3v) is 7.37. The van der Waals surface area contributed by atoms with Gasteiger partial charge in [0, 0.05) is 18.4 Å². The molecule has 5 nitrogen and oxygen atoms in total. The SMILES string of the molecule is CCCCCCCCCCCCOc1c(F)cccc1NC(=O)Nc1cccc(CN2C=C(C)SC2)c1. The van der Waals surface area contributed by atoms with Gasteiger partial charge >= 0.3 is 6.03 Å². The third-order valence-electron chi connectivity index (χ3n) is 6.35. The number of nitrogens with zero attached hydrogens (tertiary/aromatic N) is 1.